The van der Waals surface area contributed by atoms with Gasteiger partial charge in [-0.25, -0.2) is 8.42 Å². The van der Waals surface area contributed by atoms with Gasteiger partial charge < -0.3 is 10.0 Å². The molecule has 0 aromatic carbocycles. The molecule has 1 aliphatic heterocycles. The molecule has 108 valence electrons. The summed E-state index contributed by atoms with van der Waals surface area (Å²) in [5.41, 5.74) is -0.640. The summed E-state index contributed by atoms with van der Waals surface area (Å²) >= 11 is 0. The second-order valence-corrected chi connectivity index (χ2v) is 8.17. The zero-order chi connectivity index (χ0) is 13.8. The van der Waals surface area contributed by atoms with Crippen molar-refractivity contribution in [3.8, 4) is 0 Å². The van der Waals surface area contributed by atoms with E-state index in [-0.39, 0.29) is 5.75 Å². The molecule has 1 N–H and O–H groups in total. The number of rotatable bonds is 6. The molecule has 6 heteroatoms. The molecule has 0 spiro atoms. The van der Waals surface area contributed by atoms with Gasteiger partial charge >= 0.3 is 0 Å². The number of piperazine rings is 1. The minimum Gasteiger partial charge on any atom is -0.389 e. The topological polar surface area (TPSA) is 60.9 Å². The van der Waals surface area contributed by atoms with Crippen molar-refractivity contribution in [2.75, 3.05) is 51.3 Å². The first-order valence-electron chi connectivity index (χ1n) is 6.50. The molecule has 0 saturated carbocycles. The first kappa shape index (κ1) is 15.9. The van der Waals surface area contributed by atoms with Gasteiger partial charge in [0.1, 0.15) is 9.84 Å². The van der Waals surface area contributed by atoms with Crippen LogP contribution in [0.1, 0.15) is 20.3 Å². The Morgan fingerprint density at radius 2 is 1.61 bits per heavy atom. The highest BCUT2D eigenvalue weighted by Gasteiger charge is 2.22. The molecule has 0 aromatic rings. The van der Waals surface area contributed by atoms with Crippen LogP contribution in [-0.4, -0.2) is 80.2 Å². The normalized spacial score (nSPS) is 20.2. The van der Waals surface area contributed by atoms with Gasteiger partial charge in [0.2, 0.25) is 0 Å². The Morgan fingerprint density at radius 1 is 1.11 bits per heavy atom. The lowest BCUT2D eigenvalue weighted by atomic mass is 10.1. The highest BCUT2D eigenvalue weighted by atomic mass is 32.2. The minimum atomic E-state index is -2.83. The number of aliphatic hydroxyl groups is 1. The van der Waals surface area contributed by atoms with E-state index >= 15 is 0 Å². The number of nitrogens with zero attached hydrogens (tertiary/aromatic N) is 2. The molecule has 0 unspecified atom stereocenters. The highest BCUT2D eigenvalue weighted by molar-refractivity contribution is 7.90. The van der Waals surface area contributed by atoms with Crippen LogP contribution >= 0.6 is 0 Å². The zero-order valence-electron chi connectivity index (χ0n) is 11.7. The van der Waals surface area contributed by atoms with Crippen molar-refractivity contribution in [2.45, 2.75) is 25.9 Å². The third-order valence-corrected chi connectivity index (χ3v) is 4.10. The van der Waals surface area contributed by atoms with E-state index in [0.29, 0.717) is 13.0 Å². The maximum Gasteiger partial charge on any atom is 0.147 e. The number of hydrogen-bond acceptors (Lipinski definition) is 5. The maximum absolute atomic E-state index is 11.0. The van der Waals surface area contributed by atoms with Crippen LogP contribution in [0, 0.1) is 0 Å². The van der Waals surface area contributed by atoms with E-state index in [0.717, 1.165) is 32.7 Å². The van der Waals surface area contributed by atoms with E-state index in [1.807, 2.05) is 13.8 Å². The van der Waals surface area contributed by atoms with Gasteiger partial charge in [-0.15, -0.1) is 0 Å². The smallest absolute Gasteiger partial charge is 0.147 e. The summed E-state index contributed by atoms with van der Waals surface area (Å²) in [4.78, 5) is 4.55. The number of β-amino-alcohol motifs (C(OH)–C–C–N with tert-alkyl or cyclic N) is 1. The van der Waals surface area contributed by atoms with Crippen LogP contribution in [-0.2, 0) is 9.84 Å². The van der Waals surface area contributed by atoms with Gasteiger partial charge in [-0.1, -0.05) is 0 Å². The Bertz CT molecular complexity index is 341. The van der Waals surface area contributed by atoms with Crippen LogP contribution in [0.25, 0.3) is 0 Å². The van der Waals surface area contributed by atoms with Crippen LogP contribution in [0.4, 0.5) is 0 Å². The van der Waals surface area contributed by atoms with Crippen molar-refractivity contribution < 1.29 is 13.5 Å². The molecule has 0 amide bonds. The minimum absolute atomic E-state index is 0.275. The van der Waals surface area contributed by atoms with Crippen LogP contribution in [0.5, 0.6) is 0 Å². The summed E-state index contributed by atoms with van der Waals surface area (Å²) in [6.45, 7) is 9.01. The standard InChI is InChI=1S/C12H26N2O3S/c1-12(2,15)11-14-8-6-13(7-9-14)5-4-10-18(3,16)17/h15H,4-11H2,1-3H3. The lowest BCUT2D eigenvalue weighted by Gasteiger charge is -2.37. The molecule has 0 radical (unpaired) electrons. The molecule has 1 fully saturated rings. The van der Waals surface area contributed by atoms with Crippen molar-refractivity contribution in [2.24, 2.45) is 0 Å². The zero-order valence-corrected chi connectivity index (χ0v) is 12.5. The molecule has 18 heavy (non-hydrogen) atoms. The predicted octanol–water partition coefficient (Wildman–Crippen LogP) is -0.190. The fourth-order valence-corrected chi connectivity index (χ4v) is 2.92. The molecule has 5 nitrogen and oxygen atoms in total. The van der Waals surface area contributed by atoms with Crippen molar-refractivity contribution in [1.82, 2.24) is 9.80 Å². The summed E-state index contributed by atoms with van der Waals surface area (Å²) in [7, 11) is -2.83. The monoisotopic (exact) mass is 278 g/mol. The Morgan fingerprint density at radius 3 is 2.06 bits per heavy atom. The van der Waals surface area contributed by atoms with Crippen molar-refractivity contribution in [3.05, 3.63) is 0 Å². The first-order chi connectivity index (χ1) is 8.16. The van der Waals surface area contributed by atoms with Gasteiger partial charge in [0.15, 0.2) is 0 Å². The molecular formula is C12H26N2O3S. The molecule has 0 bridgehead atoms. The summed E-state index contributed by atoms with van der Waals surface area (Å²) in [6, 6.07) is 0. The second kappa shape index (κ2) is 6.32. The average Bonchev–Trinajstić information content (AvgIpc) is 2.16. The molecular weight excluding hydrogens is 252 g/mol. The van der Waals surface area contributed by atoms with Gasteiger partial charge in [0.05, 0.1) is 11.4 Å². The van der Waals surface area contributed by atoms with E-state index in [1.54, 1.807) is 0 Å². The van der Waals surface area contributed by atoms with E-state index in [9.17, 15) is 13.5 Å². The predicted molar refractivity (Wildman–Crippen MR) is 73.5 cm³/mol. The maximum atomic E-state index is 11.0. The van der Waals surface area contributed by atoms with E-state index in [1.165, 1.54) is 6.26 Å². The fourth-order valence-electron chi connectivity index (χ4n) is 2.27. The van der Waals surface area contributed by atoms with E-state index < -0.39 is 15.4 Å². The second-order valence-electron chi connectivity index (χ2n) is 5.91. The van der Waals surface area contributed by atoms with Crippen molar-refractivity contribution in [1.29, 1.82) is 0 Å². The van der Waals surface area contributed by atoms with Crippen molar-refractivity contribution >= 4 is 9.84 Å². The van der Waals surface area contributed by atoms with Gasteiger partial charge in [0, 0.05) is 39.0 Å². The molecule has 1 saturated heterocycles. The van der Waals surface area contributed by atoms with Gasteiger partial charge in [-0.3, -0.25) is 4.90 Å². The van der Waals surface area contributed by atoms with Gasteiger partial charge in [-0.05, 0) is 26.8 Å². The van der Waals surface area contributed by atoms with E-state index in [2.05, 4.69) is 9.80 Å². The van der Waals surface area contributed by atoms with E-state index in [4.69, 9.17) is 0 Å². The quantitative estimate of drug-likeness (QED) is 0.730. The summed E-state index contributed by atoms with van der Waals surface area (Å²) < 4.78 is 22.1. The Labute approximate surface area is 111 Å². The molecule has 1 rings (SSSR count). The largest absolute Gasteiger partial charge is 0.389 e. The van der Waals surface area contributed by atoms with Crippen LogP contribution < -0.4 is 0 Å². The Kier molecular flexibility index (Phi) is 5.58. The molecule has 1 heterocycles. The highest BCUT2D eigenvalue weighted by Crippen LogP contribution is 2.09. The SMILES string of the molecule is CC(C)(O)CN1CCN(CCCS(C)(=O)=O)CC1. The van der Waals surface area contributed by atoms with Gasteiger partial charge in [0.25, 0.3) is 0 Å². The molecule has 0 aromatic heterocycles. The summed E-state index contributed by atoms with van der Waals surface area (Å²) in [6.07, 6.45) is 2.00. The third kappa shape index (κ3) is 7.31. The lowest BCUT2D eigenvalue weighted by molar-refractivity contribution is 0.0178. The third-order valence-electron chi connectivity index (χ3n) is 3.06. The summed E-state index contributed by atoms with van der Waals surface area (Å²) in [5.74, 6) is 0.275. The Hall–Kier alpha value is -0.170. The fraction of sp³-hybridized carbons (Fsp3) is 1.00. The molecule has 0 aliphatic carbocycles. The van der Waals surface area contributed by atoms with Gasteiger partial charge in [-0.2, -0.15) is 0 Å². The first-order valence-corrected chi connectivity index (χ1v) is 8.57. The average molecular weight is 278 g/mol. The van der Waals surface area contributed by atoms with Crippen LogP contribution in [0.3, 0.4) is 0 Å². The number of hydrogen-bond donors (Lipinski definition) is 1. The number of sulfone groups is 1. The van der Waals surface area contributed by atoms with Crippen LogP contribution in [0.15, 0.2) is 0 Å². The van der Waals surface area contributed by atoms with Crippen LogP contribution in [0.2, 0.25) is 0 Å². The summed E-state index contributed by atoms with van der Waals surface area (Å²) in [5, 5.41) is 9.74. The molecule has 1 aliphatic rings. The Balaban J connectivity index is 2.20. The molecule has 0 atom stereocenters. The van der Waals surface area contributed by atoms with Crippen molar-refractivity contribution in [3.63, 3.8) is 0 Å². The lowest BCUT2D eigenvalue weighted by Crippen LogP contribution is -2.50.